The molecule has 7 nitrogen and oxygen atoms in total. The number of hydrogen-bond acceptors (Lipinski definition) is 5. The minimum absolute atomic E-state index is 0.00998. The molecule has 1 fully saturated rings. The predicted molar refractivity (Wildman–Crippen MR) is 121 cm³/mol. The lowest BCUT2D eigenvalue weighted by Crippen LogP contribution is -2.19. The van der Waals surface area contributed by atoms with Gasteiger partial charge in [-0.15, -0.1) is 0 Å². The molecule has 2 heterocycles. The zero-order valence-electron chi connectivity index (χ0n) is 18.9. The van der Waals surface area contributed by atoms with Gasteiger partial charge in [0.1, 0.15) is 17.2 Å². The number of hydrogen-bond donors (Lipinski definition) is 1. The molecular formula is C24H29FN4O3. The van der Waals surface area contributed by atoms with Crippen LogP contribution in [0.2, 0.25) is 0 Å². The maximum Gasteiger partial charge on any atom is 0.278 e. The molecule has 0 spiro atoms. The smallest absolute Gasteiger partial charge is 0.278 e. The molecule has 3 aromatic rings. The standard InChI is InChI=1S/C24H29FN4O3/c1-24(2,25)21-11-10-19(31-3)22(27-21)23(30)26-18-12-15-14-29(16-8-6-5-7-9-16)28-17(15)13-20(18)32-4/h10-14,16H,5-9H2,1-4H3,(H,26,30). The first kappa shape index (κ1) is 22.0. The van der Waals surface area contributed by atoms with Gasteiger partial charge in [-0.2, -0.15) is 5.10 Å². The summed E-state index contributed by atoms with van der Waals surface area (Å²) in [5.41, 5.74) is -0.231. The Balaban J connectivity index is 1.66. The number of amides is 1. The van der Waals surface area contributed by atoms with E-state index in [0.29, 0.717) is 17.5 Å². The molecule has 0 bridgehead atoms. The van der Waals surface area contributed by atoms with Crippen LogP contribution in [0.1, 0.15) is 68.2 Å². The van der Waals surface area contributed by atoms with Crippen LogP contribution in [0.3, 0.4) is 0 Å². The monoisotopic (exact) mass is 440 g/mol. The van der Waals surface area contributed by atoms with Crippen LogP contribution in [0.4, 0.5) is 10.1 Å². The molecule has 0 unspecified atom stereocenters. The van der Waals surface area contributed by atoms with Crippen LogP contribution in [-0.4, -0.2) is 34.9 Å². The number of benzene rings is 1. The Kier molecular flexibility index (Phi) is 6.04. The lowest BCUT2D eigenvalue weighted by molar-refractivity contribution is 0.101. The van der Waals surface area contributed by atoms with E-state index in [9.17, 15) is 9.18 Å². The fourth-order valence-electron chi connectivity index (χ4n) is 4.16. The Labute approximate surface area is 186 Å². The number of carbonyl (C=O) groups excluding carboxylic acids is 1. The quantitative estimate of drug-likeness (QED) is 0.554. The molecule has 1 N–H and O–H groups in total. The summed E-state index contributed by atoms with van der Waals surface area (Å²) in [6, 6.07) is 7.12. The van der Waals surface area contributed by atoms with Crippen molar-refractivity contribution in [2.75, 3.05) is 19.5 Å². The minimum atomic E-state index is -1.69. The van der Waals surface area contributed by atoms with E-state index in [0.717, 1.165) is 23.7 Å². The van der Waals surface area contributed by atoms with Crippen LogP contribution in [0.5, 0.6) is 11.5 Å². The first-order valence-electron chi connectivity index (χ1n) is 10.9. The second-order valence-electron chi connectivity index (χ2n) is 8.69. The number of anilines is 1. The first-order valence-corrected chi connectivity index (χ1v) is 10.9. The highest BCUT2D eigenvalue weighted by Crippen LogP contribution is 2.34. The van der Waals surface area contributed by atoms with Crippen LogP contribution >= 0.6 is 0 Å². The van der Waals surface area contributed by atoms with E-state index in [2.05, 4.69) is 10.3 Å². The Morgan fingerprint density at radius 2 is 1.84 bits per heavy atom. The lowest BCUT2D eigenvalue weighted by Gasteiger charge is -2.21. The van der Waals surface area contributed by atoms with Gasteiger partial charge >= 0.3 is 0 Å². The summed E-state index contributed by atoms with van der Waals surface area (Å²) >= 11 is 0. The fraction of sp³-hybridized carbons (Fsp3) is 0.458. The fourth-order valence-corrected chi connectivity index (χ4v) is 4.16. The molecule has 0 radical (unpaired) electrons. The highest BCUT2D eigenvalue weighted by Gasteiger charge is 2.25. The lowest BCUT2D eigenvalue weighted by atomic mass is 9.96. The molecule has 4 rings (SSSR count). The van der Waals surface area contributed by atoms with Gasteiger partial charge in [-0.05, 0) is 44.9 Å². The highest BCUT2D eigenvalue weighted by atomic mass is 19.1. The SMILES string of the molecule is COc1cc2nn(C3CCCCC3)cc2cc1NC(=O)c1nc(C(C)(C)F)ccc1OC. The first-order chi connectivity index (χ1) is 15.3. The zero-order valence-corrected chi connectivity index (χ0v) is 18.9. The Bertz CT molecular complexity index is 1130. The molecule has 1 aliphatic rings. The summed E-state index contributed by atoms with van der Waals surface area (Å²) in [5.74, 6) is 0.242. The van der Waals surface area contributed by atoms with Crippen molar-refractivity contribution in [1.82, 2.24) is 14.8 Å². The number of ether oxygens (including phenoxy) is 2. The average molecular weight is 441 g/mol. The number of rotatable bonds is 6. The highest BCUT2D eigenvalue weighted by molar-refractivity contribution is 6.06. The van der Waals surface area contributed by atoms with E-state index in [1.165, 1.54) is 46.3 Å². The second-order valence-corrected chi connectivity index (χ2v) is 8.69. The van der Waals surface area contributed by atoms with Crippen LogP contribution in [-0.2, 0) is 5.67 Å². The normalized spacial score (nSPS) is 15.0. The van der Waals surface area contributed by atoms with Gasteiger partial charge in [0.2, 0.25) is 0 Å². The van der Waals surface area contributed by atoms with E-state index >= 15 is 0 Å². The zero-order chi connectivity index (χ0) is 22.9. The van der Waals surface area contributed by atoms with Gasteiger partial charge in [0, 0.05) is 17.6 Å². The number of methoxy groups -OCH3 is 2. The molecule has 32 heavy (non-hydrogen) atoms. The average Bonchev–Trinajstić information content (AvgIpc) is 3.21. The van der Waals surface area contributed by atoms with Crippen molar-refractivity contribution in [3.63, 3.8) is 0 Å². The third kappa shape index (κ3) is 4.40. The van der Waals surface area contributed by atoms with Crippen LogP contribution in [0.15, 0.2) is 30.5 Å². The number of carbonyl (C=O) groups is 1. The van der Waals surface area contributed by atoms with Crippen molar-refractivity contribution in [2.24, 2.45) is 0 Å². The molecule has 0 aliphatic heterocycles. The second kappa shape index (κ2) is 8.76. The number of aromatic nitrogens is 3. The van der Waals surface area contributed by atoms with E-state index < -0.39 is 11.6 Å². The van der Waals surface area contributed by atoms with Crippen molar-refractivity contribution < 1.29 is 18.7 Å². The van der Waals surface area contributed by atoms with Gasteiger partial charge in [0.25, 0.3) is 5.91 Å². The van der Waals surface area contributed by atoms with Crippen molar-refractivity contribution in [2.45, 2.75) is 57.7 Å². The van der Waals surface area contributed by atoms with Gasteiger partial charge in [-0.1, -0.05) is 19.3 Å². The third-order valence-electron chi connectivity index (χ3n) is 5.94. The maximum atomic E-state index is 14.4. The maximum absolute atomic E-state index is 14.4. The van der Waals surface area contributed by atoms with E-state index in [1.807, 2.05) is 23.0 Å². The molecule has 170 valence electrons. The summed E-state index contributed by atoms with van der Waals surface area (Å²) in [7, 11) is 2.99. The number of pyridine rings is 1. The van der Waals surface area contributed by atoms with E-state index in [-0.39, 0.29) is 17.1 Å². The molecule has 2 aromatic heterocycles. The van der Waals surface area contributed by atoms with Crippen LogP contribution in [0, 0.1) is 0 Å². The van der Waals surface area contributed by atoms with Crippen LogP contribution < -0.4 is 14.8 Å². The van der Waals surface area contributed by atoms with Crippen molar-refractivity contribution in [1.29, 1.82) is 0 Å². The summed E-state index contributed by atoms with van der Waals surface area (Å²) in [4.78, 5) is 17.3. The van der Waals surface area contributed by atoms with Crippen LogP contribution in [0.25, 0.3) is 10.9 Å². The molecule has 1 aliphatic carbocycles. The van der Waals surface area contributed by atoms with Gasteiger partial charge in [0.05, 0.1) is 37.2 Å². The van der Waals surface area contributed by atoms with Crippen molar-refractivity contribution in [3.8, 4) is 11.5 Å². The summed E-state index contributed by atoms with van der Waals surface area (Å²) in [5, 5.41) is 8.49. The number of halogens is 1. The van der Waals surface area contributed by atoms with Gasteiger partial charge < -0.3 is 14.8 Å². The molecule has 1 amide bonds. The van der Waals surface area contributed by atoms with E-state index in [1.54, 1.807) is 13.2 Å². The molecule has 1 aromatic carbocycles. The summed E-state index contributed by atoms with van der Waals surface area (Å²) in [6.07, 6.45) is 7.98. The Hall–Kier alpha value is -3.16. The largest absolute Gasteiger partial charge is 0.494 e. The molecular weight excluding hydrogens is 411 g/mol. The number of fused-ring (bicyclic) bond motifs is 1. The van der Waals surface area contributed by atoms with Crippen molar-refractivity contribution in [3.05, 3.63) is 41.9 Å². The summed E-state index contributed by atoms with van der Waals surface area (Å²) < 4.78 is 27.2. The minimum Gasteiger partial charge on any atom is -0.494 e. The topological polar surface area (TPSA) is 78.3 Å². The predicted octanol–water partition coefficient (Wildman–Crippen LogP) is 5.41. The summed E-state index contributed by atoms with van der Waals surface area (Å²) in [6.45, 7) is 2.79. The van der Waals surface area contributed by atoms with Gasteiger partial charge in [0.15, 0.2) is 5.69 Å². The third-order valence-corrected chi connectivity index (χ3v) is 5.94. The molecule has 0 atom stereocenters. The molecule has 0 saturated heterocycles. The molecule has 8 heteroatoms. The Morgan fingerprint density at radius 3 is 2.50 bits per heavy atom. The number of nitrogens with one attached hydrogen (secondary N) is 1. The van der Waals surface area contributed by atoms with Gasteiger partial charge in [-0.25, -0.2) is 9.37 Å². The number of nitrogens with zero attached hydrogens (tertiary/aromatic N) is 3. The van der Waals surface area contributed by atoms with Crippen molar-refractivity contribution >= 4 is 22.5 Å². The van der Waals surface area contributed by atoms with E-state index in [4.69, 9.17) is 14.6 Å². The van der Waals surface area contributed by atoms with Gasteiger partial charge in [-0.3, -0.25) is 9.48 Å². The number of alkyl halides is 1. The molecule has 1 saturated carbocycles. The Morgan fingerprint density at radius 1 is 1.12 bits per heavy atom.